The van der Waals surface area contributed by atoms with E-state index in [1.165, 1.54) is 0 Å². The molecule has 0 aromatic heterocycles. The van der Waals surface area contributed by atoms with Gasteiger partial charge in [0.2, 0.25) is 0 Å². The minimum absolute atomic E-state index is 0.397. The summed E-state index contributed by atoms with van der Waals surface area (Å²) in [6.45, 7) is 12.8. The topological polar surface area (TPSA) is 71.1 Å². The van der Waals surface area contributed by atoms with Gasteiger partial charge in [-0.3, -0.25) is 9.59 Å². The molecule has 1 aliphatic heterocycles. The molecule has 1 saturated heterocycles. The zero-order valence-corrected chi connectivity index (χ0v) is 27.6. The molecule has 0 unspecified atom stereocenters. The van der Waals surface area contributed by atoms with Gasteiger partial charge in [0.05, 0.1) is 22.3 Å². The molecule has 4 aromatic carbocycles. The van der Waals surface area contributed by atoms with E-state index < -0.39 is 18.3 Å². The molecule has 0 bridgehead atoms. The molecule has 0 amide bonds. The Hall–Kier alpha value is -3.72. The first-order valence-corrected chi connectivity index (χ1v) is 15.3. The van der Waals surface area contributed by atoms with Crippen molar-refractivity contribution in [1.29, 1.82) is 0 Å². The zero-order chi connectivity index (χ0) is 31.9. The van der Waals surface area contributed by atoms with Crippen molar-refractivity contribution < 1.29 is 28.4 Å². The maximum Gasteiger partial charge on any atom is 0.495 e. The number of hydrogen-bond acceptors (Lipinski definition) is 6. The number of halogens is 1. The van der Waals surface area contributed by atoms with Crippen LogP contribution in [0.5, 0.6) is 11.5 Å². The molecule has 0 N–H and O–H groups in total. The Morgan fingerprint density at radius 3 is 1.57 bits per heavy atom. The molecule has 4 aromatic rings. The fraction of sp³-hybridized carbons (Fsp3) is 0.278. The van der Waals surface area contributed by atoms with E-state index in [1.54, 1.807) is 0 Å². The molecule has 1 aliphatic rings. The second kappa shape index (κ2) is 14.4. The molecule has 228 valence electrons. The van der Waals surface area contributed by atoms with E-state index in [9.17, 15) is 9.59 Å². The van der Waals surface area contributed by atoms with Crippen molar-refractivity contribution in [2.75, 3.05) is 0 Å². The van der Waals surface area contributed by atoms with E-state index >= 15 is 0 Å². The van der Waals surface area contributed by atoms with E-state index in [2.05, 4.69) is 15.9 Å². The summed E-state index contributed by atoms with van der Waals surface area (Å²) in [5, 5.41) is 0. The van der Waals surface area contributed by atoms with Crippen LogP contribution in [0.15, 0.2) is 89.4 Å². The molecule has 0 spiro atoms. The molecule has 0 atom stereocenters. The first-order chi connectivity index (χ1) is 20.9. The fourth-order valence-electron chi connectivity index (χ4n) is 4.63. The lowest BCUT2D eigenvalue weighted by molar-refractivity contribution is 0.00578. The van der Waals surface area contributed by atoms with Gasteiger partial charge in [-0.2, -0.15) is 0 Å². The van der Waals surface area contributed by atoms with Crippen LogP contribution in [0.4, 0.5) is 0 Å². The number of benzene rings is 4. The van der Waals surface area contributed by atoms with Crippen LogP contribution in [-0.4, -0.2) is 30.9 Å². The smallest absolute Gasteiger partial charge is 0.488 e. The van der Waals surface area contributed by atoms with Crippen LogP contribution in [0, 0.1) is 13.8 Å². The second-order valence-corrected chi connectivity index (χ2v) is 12.7. The minimum atomic E-state index is -0.598. The largest absolute Gasteiger partial charge is 0.495 e. The van der Waals surface area contributed by atoms with E-state index in [1.807, 2.05) is 126 Å². The van der Waals surface area contributed by atoms with Crippen LogP contribution < -0.4 is 14.9 Å². The molecular formula is C36H38BBrO6. The molecular weight excluding hydrogens is 619 g/mol. The maximum atomic E-state index is 11.9. The van der Waals surface area contributed by atoms with Crippen molar-refractivity contribution in [2.45, 2.75) is 66.0 Å². The Kier molecular flexibility index (Phi) is 10.8. The van der Waals surface area contributed by atoms with Gasteiger partial charge in [0.1, 0.15) is 24.7 Å². The first kappa shape index (κ1) is 33.2. The van der Waals surface area contributed by atoms with Crippen molar-refractivity contribution in [3.8, 4) is 11.5 Å². The van der Waals surface area contributed by atoms with E-state index in [0.29, 0.717) is 41.3 Å². The van der Waals surface area contributed by atoms with Crippen LogP contribution in [0.3, 0.4) is 0 Å². The Balaban J connectivity index is 0.000000215. The molecule has 44 heavy (non-hydrogen) atoms. The van der Waals surface area contributed by atoms with Crippen molar-refractivity contribution in [3.05, 3.63) is 123 Å². The zero-order valence-electron chi connectivity index (χ0n) is 26.1. The number of hydrogen-bond donors (Lipinski definition) is 0. The molecule has 1 heterocycles. The minimum Gasteiger partial charge on any atom is -0.488 e. The predicted octanol–water partition coefficient (Wildman–Crippen LogP) is 7.83. The monoisotopic (exact) mass is 656 g/mol. The van der Waals surface area contributed by atoms with E-state index in [4.69, 9.17) is 18.8 Å². The molecule has 1 fully saturated rings. The fourth-order valence-corrected chi connectivity index (χ4v) is 5.28. The van der Waals surface area contributed by atoms with Gasteiger partial charge in [0, 0.05) is 4.47 Å². The van der Waals surface area contributed by atoms with Crippen LogP contribution >= 0.6 is 15.9 Å². The Labute approximate surface area is 269 Å². The summed E-state index contributed by atoms with van der Waals surface area (Å²) in [5.41, 5.74) is 4.97. The summed E-state index contributed by atoms with van der Waals surface area (Å²) in [7, 11) is -0.598. The van der Waals surface area contributed by atoms with Crippen LogP contribution in [0.2, 0.25) is 0 Å². The molecule has 6 nitrogen and oxygen atoms in total. The standard InChI is InChI=1S/C21H25BO4.C15H13BrO2/c1-15-11-18(22-25-20(2,3)21(4,5)26-22)17(13-23)19(12-15)24-14-16-9-7-6-8-10-16;1-11-7-14(16)13(9-17)15(8-11)18-10-12-5-3-2-4-6-12/h6-13H,14H2,1-5H3;2-9H,10H2,1H3. The van der Waals surface area contributed by atoms with E-state index in [-0.39, 0.29) is 0 Å². The molecule has 8 heteroatoms. The highest BCUT2D eigenvalue weighted by molar-refractivity contribution is 9.10. The summed E-state index contributed by atoms with van der Waals surface area (Å²) < 4.78 is 24.7. The lowest BCUT2D eigenvalue weighted by Gasteiger charge is -2.32. The van der Waals surface area contributed by atoms with Crippen LogP contribution in [0.1, 0.15) is 70.7 Å². The van der Waals surface area contributed by atoms with Crippen molar-refractivity contribution in [2.24, 2.45) is 0 Å². The first-order valence-electron chi connectivity index (χ1n) is 14.5. The van der Waals surface area contributed by atoms with Gasteiger partial charge in [0.15, 0.2) is 12.6 Å². The number of carbonyl (C=O) groups is 2. The highest BCUT2D eigenvalue weighted by Crippen LogP contribution is 2.37. The average Bonchev–Trinajstić information content (AvgIpc) is 3.22. The normalized spacial score (nSPS) is 14.8. The van der Waals surface area contributed by atoms with Gasteiger partial charge >= 0.3 is 7.12 Å². The third kappa shape index (κ3) is 8.06. The predicted molar refractivity (Wildman–Crippen MR) is 178 cm³/mol. The Morgan fingerprint density at radius 1 is 0.682 bits per heavy atom. The molecule has 0 aliphatic carbocycles. The van der Waals surface area contributed by atoms with Gasteiger partial charge < -0.3 is 18.8 Å². The van der Waals surface area contributed by atoms with Gasteiger partial charge in [0.25, 0.3) is 0 Å². The molecule has 5 rings (SSSR count). The van der Waals surface area contributed by atoms with Crippen molar-refractivity contribution in [1.82, 2.24) is 0 Å². The van der Waals surface area contributed by atoms with Gasteiger partial charge in [-0.25, -0.2) is 0 Å². The van der Waals surface area contributed by atoms with Crippen molar-refractivity contribution >= 4 is 41.1 Å². The SMILES string of the molecule is Cc1cc(Br)c(C=O)c(OCc2ccccc2)c1.Cc1cc(OCc2ccccc2)c(C=O)c(B2OC(C)(C)C(C)(C)O2)c1. The maximum absolute atomic E-state index is 11.9. The van der Waals surface area contributed by atoms with Gasteiger partial charge in [-0.1, -0.05) is 66.7 Å². The lowest BCUT2D eigenvalue weighted by Crippen LogP contribution is -2.41. The summed E-state index contributed by atoms with van der Waals surface area (Å²) in [6, 6.07) is 27.3. The summed E-state index contributed by atoms with van der Waals surface area (Å²) >= 11 is 3.37. The van der Waals surface area contributed by atoms with Gasteiger partial charge in [-0.15, -0.1) is 0 Å². The van der Waals surface area contributed by atoms with Crippen molar-refractivity contribution in [3.63, 3.8) is 0 Å². The summed E-state index contributed by atoms with van der Waals surface area (Å²) in [5.74, 6) is 1.16. The lowest BCUT2D eigenvalue weighted by atomic mass is 9.75. The molecule has 0 saturated carbocycles. The number of ether oxygens (including phenoxy) is 2. The molecule has 0 radical (unpaired) electrons. The third-order valence-electron chi connectivity index (χ3n) is 7.77. The highest BCUT2D eigenvalue weighted by Gasteiger charge is 2.52. The van der Waals surface area contributed by atoms with Crippen LogP contribution in [-0.2, 0) is 22.5 Å². The summed E-state index contributed by atoms with van der Waals surface area (Å²) in [4.78, 5) is 22.9. The number of aryl methyl sites for hydroxylation is 2. The second-order valence-electron chi connectivity index (χ2n) is 11.8. The number of rotatable bonds is 9. The van der Waals surface area contributed by atoms with Gasteiger partial charge in [-0.05, 0) is 103 Å². The average molecular weight is 657 g/mol. The van der Waals surface area contributed by atoms with Crippen LogP contribution in [0.25, 0.3) is 0 Å². The quantitative estimate of drug-likeness (QED) is 0.135. The van der Waals surface area contributed by atoms with E-state index in [0.717, 1.165) is 39.3 Å². The number of aldehydes is 2. The highest BCUT2D eigenvalue weighted by atomic mass is 79.9. The Bertz CT molecular complexity index is 1570. The third-order valence-corrected chi connectivity index (χ3v) is 8.43. The number of carbonyl (C=O) groups excluding carboxylic acids is 2. The Morgan fingerprint density at radius 2 is 1.11 bits per heavy atom. The summed E-state index contributed by atoms with van der Waals surface area (Å²) in [6.07, 6.45) is 1.63.